The smallest absolute Gasteiger partial charge is 0.406 e. The van der Waals surface area contributed by atoms with Crippen LogP contribution in [0, 0.1) is 0 Å². The number of halogens is 3. The second kappa shape index (κ2) is 7.53. The molecular formula is C17H17F3N2O3S. The lowest BCUT2D eigenvalue weighted by atomic mass is 10.2. The molecule has 0 saturated heterocycles. The molecule has 0 spiro atoms. The number of alkyl halides is 3. The average molecular weight is 386 g/mol. The van der Waals surface area contributed by atoms with Crippen LogP contribution in [-0.2, 0) is 0 Å². The van der Waals surface area contributed by atoms with Gasteiger partial charge in [-0.2, -0.15) is 13.2 Å². The highest BCUT2D eigenvalue weighted by atomic mass is 32.1. The Kier molecular flexibility index (Phi) is 5.36. The van der Waals surface area contributed by atoms with Crippen LogP contribution in [0.2, 0.25) is 0 Å². The van der Waals surface area contributed by atoms with Gasteiger partial charge in [-0.25, -0.2) is 4.98 Å². The largest absolute Gasteiger partial charge is 0.454 e. The van der Waals surface area contributed by atoms with Gasteiger partial charge in [0.05, 0.1) is 6.20 Å². The van der Waals surface area contributed by atoms with Gasteiger partial charge >= 0.3 is 6.18 Å². The van der Waals surface area contributed by atoms with Crippen molar-refractivity contribution in [3.05, 3.63) is 29.3 Å². The number of unbranched alkanes of at least 4 members (excludes halogenated alkanes) is 1. The summed E-state index contributed by atoms with van der Waals surface area (Å²) in [5, 5.41) is 0.536. The monoisotopic (exact) mass is 386 g/mol. The fourth-order valence-corrected chi connectivity index (χ4v) is 3.39. The van der Waals surface area contributed by atoms with E-state index in [0.29, 0.717) is 34.9 Å². The molecule has 0 saturated carbocycles. The standard InChI is InChI=1S/C17H17F3N2O3S/c1-2-3-6-22(9-17(18,19)20)16(23)14-8-21-15(26-14)11-4-5-12-13(7-11)25-10-24-12/h4-5,7-8H,2-3,6,9-10H2,1H3. The van der Waals surface area contributed by atoms with Crippen molar-refractivity contribution >= 4 is 17.2 Å². The molecule has 0 N–H and O–H groups in total. The van der Waals surface area contributed by atoms with Gasteiger partial charge in [-0.15, -0.1) is 11.3 Å². The number of amides is 1. The second-order valence-corrected chi connectivity index (χ2v) is 6.82. The molecule has 1 aliphatic heterocycles. The molecule has 3 rings (SSSR count). The van der Waals surface area contributed by atoms with Gasteiger partial charge in [0.25, 0.3) is 5.91 Å². The summed E-state index contributed by atoms with van der Waals surface area (Å²) in [7, 11) is 0. The molecular weight excluding hydrogens is 369 g/mol. The van der Waals surface area contributed by atoms with Crippen molar-refractivity contribution in [3.63, 3.8) is 0 Å². The normalized spacial score (nSPS) is 13.1. The minimum Gasteiger partial charge on any atom is -0.454 e. The van der Waals surface area contributed by atoms with E-state index in [1.165, 1.54) is 6.20 Å². The maximum absolute atomic E-state index is 12.8. The van der Waals surface area contributed by atoms with Crippen molar-refractivity contribution in [2.75, 3.05) is 19.9 Å². The lowest BCUT2D eigenvalue weighted by Crippen LogP contribution is -2.39. The van der Waals surface area contributed by atoms with E-state index >= 15 is 0 Å². The van der Waals surface area contributed by atoms with Crippen LogP contribution in [0.3, 0.4) is 0 Å². The Morgan fingerprint density at radius 3 is 2.81 bits per heavy atom. The van der Waals surface area contributed by atoms with E-state index in [1.54, 1.807) is 18.2 Å². The molecule has 0 radical (unpaired) electrons. The zero-order chi connectivity index (χ0) is 18.7. The molecule has 5 nitrogen and oxygen atoms in total. The van der Waals surface area contributed by atoms with Crippen LogP contribution in [0.5, 0.6) is 11.5 Å². The lowest BCUT2D eigenvalue weighted by Gasteiger charge is -2.23. The Labute approximate surface area is 152 Å². The summed E-state index contributed by atoms with van der Waals surface area (Å²) in [6.45, 7) is 0.806. The fourth-order valence-electron chi connectivity index (χ4n) is 2.51. The Hall–Kier alpha value is -2.29. The number of thiazole rings is 1. The summed E-state index contributed by atoms with van der Waals surface area (Å²) in [6.07, 6.45) is -1.90. The molecule has 1 aromatic heterocycles. The van der Waals surface area contributed by atoms with E-state index in [-0.39, 0.29) is 18.2 Å². The number of fused-ring (bicyclic) bond motifs is 1. The summed E-state index contributed by atoms with van der Waals surface area (Å²) in [5.41, 5.74) is 0.717. The third-order valence-electron chi connectivity index (χ3n) is 3.77. The number of nitrogens with zero attached hydrogens (tertiary/aromatic N) is 2. The van der Waals surface area contributed by atoms with Gasteiger partial charge in [0, 0.05) is 12.1 Å². The maximum Gasteiger partial charge on any atom is 0.406 e. The molecule has 0 unspecified atom stereocenters. The van der Waals surface area contributed by atoms with Crippen LogP contribution in [-0.4, -0.2) is 41.8 Å². The van der Waals surface area contributed by atoms with Crippen LogP contribution >= 0.6 is 11.3 Å². The molecule has 1 aliphatic rings. The fraction of sp³-hybridized carbons (Fsp3) is 0.412. The number of hydrogen-bond acceptors (Lipinski definition) is 5. The maximum atomic E-state index is 12.8. The van der Waals surface area contributed by atoms with Crippen molar-refractivity contribution in [1.29, 1.82) is 0 Å². The molecule has 140 valence electrons. The van der Waals surface area contributed by atoms with Crippen molar-refractivity contribution in [3.8, 4) is 22.1 Å². The molecule has 2 heterocycles. The lowest BCUT2D eigenvalue weighted by molar-refractivity contribution is -0.140. The Bertz CT molecular complexity index is 792. The number of rotatable bonds is 6. The second-order valence-electron chi connectivity index (χ2n) is 5.79. The van der Waals surface area contributed by atoms with Crippen molar-refractivity contribution in [1.82, 2.24) is 9.88 Å². The van der Waals surface area contributed by atoms with Gasteiger partial charge in [0.1, 0.15) is 16.4 Å². The summed E-state index contributed by atoms with van der Waals surface area (Å²) in [5.74, 6) is 0.546. The first-order valence-electron chi connectivity index (χ1n) is 8.09. The first-order chi connectivity index (χ1) is 12.4. The number of hydrogen-bond donors (Lipinski definition) is 0. The minimum atomic E-state index is -4.44. The number of aromatic nitrogens is 1. The quantitative estimate of drug-likeness (QED) is 0.741. The third-order valence-corrected chi connectivity index (χ3v) is 4.81. The highest BCUT2D eigenvalue weighted by molar-refractivity contribution is 7.16. The molecule has 9 heteroatoms. The molecule has 0 fully saturated rings. The summed E-state index contributed by atoms with van der Waals surface area (Å²) >= 11 is 1.06. The SMILES string of the molecule is CCCCN(CC(F)(F)F)C(=O)c1cnc(-c2ccc3c(c2)OCO3)s1. The highest BCUT2D eigenvalue weighted by Crippen LogP contribution is 2.37. The molecule has 0 atom stereocenters. The molecule has 1 amide bonds. The summed E-state index contributed by atoms with van der Waals surface area (Å²) < 4.78 is 48.9. The van der Waals surface area contributed by atoms with E-state index < -0.39 is 18.6 Å². The first-order valence-corrected chi connectivity index (χ1v) is 8.91. The topological polar surface area (TPSA) is 51.7 Å². The predicted molar refractivity (Wildman–Crippen MR) is 90.5 cm³/mol. The number of carbonyl (C=O) groups is 1. The van der Waals surface area contributed by atoms with E-state index in [2.05, 4.69) is 4.98 Å². The Morgan fingerprint density at radius 2 is 2.08 bits per heavy atom. The van der Waals surface area contributed by atoms with Crippen LogP contribution in [0.1, 0.15) is 29.4 Å². The van der Waals surface area contributed by atoms with Crippen LogP contribution in [0.25, 0.3) is 10.6 Å². The molecule has 0 bridgehead atoms. The van der Waals surface area contributed by atoms with Gasteiger partial charge < -0.3 is 14.4 Å². The summed E-state index contributed by atoms with van der Waals surface area (Å²) in [6, 6.07) is 5.24. The molecule has 26 heavy (non-hydrogen) atoms. The highest BCUT2D eigenvalue weighted by Gasteiger charge is 2.33. The summed E-state index contributed by atoms with van der Waals surface area (Å²) in [4.78, 5) is 17.7. The van der Waals surface area contributed by atoms with E-state index in [0.717, 1.165) is 16.2 Å². The predicted octanol–water partition coefficient (Wildman–Crippen LogP) is 4.34. The molecule has 2 aromatic rings. The molecule has 0 aliphatic carbocycles. The number of carbonyl (C=O) groups excluding carboxylic acids is 1. The van der Waals surface area contributed by atoms with Crippen molar-refractivity contribution in [2.24, 2.45) is 0 Å². The Balaban J connectivity index is 1.79. The van der Waals surface area contributed by atoms with Gasteiger partial charge in [0.2, 0.25) is 6.79 Å². The van der Waals surface area contributed by atoms with Crippen LogP contribution in [0.15, 0.2) is 24.4 Å². The zero-order valence-electron chi connectivity index (χ0n) is 14.0. The van der Waals surface area contributed by atoms with Crippen LogP contribution in [0.4, 0.5) is 13.2 Å². The van der Waals surface area contributed by atoms with Gasteiger partial charge in [-0.3, -0.25) is 4.79 Å². The van der Waals surface area contributed by atoms with Crippen molar-refractivity contribution in [2.45, 2.75) is 25.9 Å². The minimum absolute atomic E-state index is 0.0616. The zero-order valence-corrected chi connectivity index (χ0v) is 14.8. The van der Waals surface area contributed by atoms with Gasteiger partial charge in [-0.1, -0.05) is 13.3 Å². The van der Waals surface area contributed by atoms with Crippen LogP contribution < -0.4 is 9.47 Å². The van der Waals surface area contributed by atoms with Gasteiger partial charge in [0.15, 0.2) is 11.5 Å². The average Bonchev–Trinajstić information content (AvgIpc) is 3.25. The number of ether oxygens (including phenoxy) is 2. The third kappa shape index (κ3) is 4.27. The van der Waals surface area contributed by atoms with E-state index in [1.807, 2.05) is 6.92 Å². The van der Waals surface area contributed by atoms with E-state index in [9.17, 15) is 18.0 Å². The number of benzene rings is 1. The van der Waals surface area contributed by atoms with Gasteiger partial charge in [-0.05, 0) is 24.6 Å². The Morgan fingerprint density at radius 1 is 1.31 bits per heavy atom. The first kappa shape index (κ1) is 18.5. The molecule has 1 aromatic carbocycles. The van der Waals surface area contributed by atoms with E-state index in [4.69, 9.17) is 9.47 Å². The van der Waals surface area contributed by atoms with Crippen molar-refractivity contribution < 1.29 is 27.4 Å².